The summed E-state index contributed by atoms with van der Waals surface area (Å²) in [5.41, 5.74) is -0.539. The number of aliphatic hydroxyl groups excluding tert-OH is 3. The van der Waals surface area contributed by atoms with E-state index in [1.165, 1.54) is 18.7 Å². The molecule has 5 unspecified atom stereocenters. The van der Waals surface area contributed by atoms with Crippen molar-refractivity contribution in [3.05, 3.63) is 12.7 Å². The summed E-state index contributed by atoms with van der Waals surface area (Å²) in [6.45, 7) is 4.51. The maximum Gasteiger partial charge on any atom is 0.217 e. The fourth-order valence-corrected chi connectivity index (χ4v) is 2.76. The van der Waals surface area contributed by atoms with Crippen LogP contribution < -0.4 is 5.32 Å². The van der Waals surface area contributed by atoms with Gasteiger partial charge in [0.1, 0.15) is 23.7 Å². The van der Waals surface area contributed by atoms with E-state index in [0.29, 0.717) is 5.75 Å². The minimum Gasteiger partial charge on any atom is -0.394 e. The third-order valence-electron chi connectivity index (χ3n) is 2.63. The summed E-state index contributed by atoms with van der Waals surface area (Å²) < 4.78 is 5.47. The summed E-state index contributed by atoms with van der Waals surface area (Å²) in [5, 5.41) is 31.3. The molecule has 0 radical (unpaired) electrons. The largest absolute Gasteiger partial charge is 0.394 e. The second-order valence-electron chi connectivity index (χ2n) is 4.05. The lowest BCUT2D eigenvalue weighted by atomic mass is 9.98. The Morgan fingerprint density at radius 1 is 1.50 bits per heavy atom. The van der Waals surface area contributed by atoms with Crippen molar-refractivity contribution in [2.45, 2.75) is 36.7 Å². The number of hydrogen-bond acceptors (Lipinski definition) is 6. The highest BCUT2D eigenvalue weighted by Crippen LogP contribution is 2.28. The molecule has 0 aromatic carbocycles. The number of ether oxygens (including phenoxy) is 1. The average molecular weight is 277 g/mol. The van der Waals surface area contributed by atoms with Gasteiger partial charge in [-0.2, -0.15) is 0 Å². The lowest BCUT2D eigenvalue weighted by Crippen LogP contribution is -2.63. The van der Waals surface area contributed by atoms with Crippen LogP contribution in [0.3, 0.4) is 0 Å². The Hall–Kier alpha value is -0.600. The summed E-state index contributed by atoms with van der Waals surface area (Å²) in [7, 11) is 0. The first kappa shape index (κ1) is 15.5. The van der Waals surface area contributed by atoms with Crippen molar-refractivity contribution in [1.29, 1.82) is 0 Å². The lowest BCUT2D eigenvalue weighted by molar-refractivity contribution is -0.173. The van der Waals surface area contributed by atoms with E-state index in [4.69, 9.17) is 9.84 Å². The second-order valence-corrected chi connectivity index (χ2v) is 5.19. The first-order chi connectivity index (χ1) is 8.51. The maximum atomic E-state index is 11.1. The zero-order valence-corrected chi connectivity index (χ0v) is 11.0. The minimum atomic E-state index is -1.23. The number of carbonyl (C=O) groups excluding carboxylic acids is 1. The quantitative estimate of drug-likeness (QED) is 0.474. The zero-order chi connectivity index (χ0) is 13.7. The zero-order valence-electron chi connectivity index (χ0n) is 10.2. The van der Waals surface area contributed by atoms with E-state index >= 15 is 0 Å². The van der Waals surface area contributed by atoms with Gasteiger partial charge in [0, 0.05) is 12.7 Å². The molecule has 1 aliphatic heterocycles. The second kappa shape index (κ2) is 7.10. The van der Waals surface area contributed by atoms with E-state index in [2.05, 4.69) is 11.9 Å². The van der Waals surface area contributed by atoms with Crippen molar-refractivity contribution in [1.82, 2.24) is 5.32 Å². The van der Waals surface area contributed by atoms with Crippen molar-refractivity contribution in [2.24, 2.45) is 0 Å². The summed E-state index contributed by atoms with van der Waals surface area (Å²) >= 11 is 1.34. The number of hydrogen-bond donors (Lipinski definition) is 4. The Morgan fingerprint density at radius 2 is 2.17 bits per heavy atom. The van der Waals surface area contributed by atoms with Crippen LogP contribution >= 0.6 is 11.8 Å². The van der Waals surface area contributed by atoms with Crippen molar-refractivity contribution >= 4 is 17.7 Å². The van der Waals surface area contributed by atoms with Crippen LogP contribution in [0.25, 0.3) is 0 Å². The molecule has 7 heteroatoms. The van der Waals surface area contributed by atoms with E-state index in [9.17, 15) is 15.0 Å². The predicted octanol–water partition coefficient (Wildman–Crippen LogP) is -1.15. The van der Waals surface area contributed by atoms with Crippen molar-refractivity contribution in [3.8, 4) is 0 Å². The molecular formula is C11H19NO5S. The van der Waals surface area contributed by atoms with Crippen LogP contribution in [-0.4, -0.2) is 63.4 Å². The summed E-state index contributed by atoms with van der Waals surface area (Å²) in [5.74, 6) is 0.253. The van der Waals surface area contributed by atoms with Crippen LogP contribution in [0.1, 0.15) is 6.92 Å². The van der Waals surface area contributed by atoms with Crippen LogP contribution in [-0.2, 0) is 9.53 Å². The molecule has 1 rings (SSSR count). The molecular weight excluding hydrogens is 258 g/mol. The van der Waals surface area contributed by atoms with Crippen LogP contribution in [0.15, 0.2) is 12.7 Å². The molecule has 104 valence electrons. The van der Waals surface area contributed by atoms with Gasteiger partial charge in [-0.3, -0.25) is 4.79 Å². The molecule has 0 aromatic rings. The Morgan fingerprint density at radius 3 is 2.67 bits per heavy atom. The maximum absolute atomic E-state index is 11.1. The summed E-state index contributed by atoms with van der Waals surface area (Å²) in [6, 6.07) is -0.717. The first-order valence-corrected chi connectivity index (χ1v) is 6.68. The highest BCUT2D eigenvalue weighted by molar-refractivity contribution is 7.99. The van der Waals surface area contributed by atoms with Crippen LogP contribution in [0, 0.1) is 0 Å². The monoisotopic (exact) mass is 277 g/mol. The van der Waals surface area contributed by atoms with Crippen LogP contribution in [0.4, 0.5) is 0 Å². The molecule has 1 heterocycles. The van der Waals surface area contributed by atoms with Gasteiger partial charge >= 0.3 is 0 Å². The van der Waals surface area contributed by atoms with E-state index in [0.717, 1.165) is 0 Å². The Bertz CT molecular complexity index is 301. The standard InChI is InChI=1S/C11H19NO5S/c1-3-4-18-11-8(12-6(2)14)10(16)9(15)7(5-13)17-11/h3,7-11,13,15-16H,1,4-5H2,2H3,(H,12,14). The van der Waals surface area contributed by atoms with Gasteiger partial charge in [-0.05, 0) is 0 Å². The van der Waals surface area contributed by atoms with Crippen LogP contribution in [0.5, 0.6) is 0 Å². The third-order valence-corrected chi connectivity index (χ3v) is 3.79. The molecule has 0 aromatic heterocycles. The first-order valence-electron chi connectivity index (χ1n) is 5.63. The molecule has 1 fully saturated rings. The summed E-state index contributed by atoms with van der Waals surface area (Å²) in [6.07, 6.45) is -1.59. The van der Waals surface area contributed by atoms with E-state index in [1.807, 2.05) is 0 Å². The summed E-state index contributed by atoms with van der Waals surface area (Å²) in [4.78, 5) is 11.1. The normalized spacial score (nSPS) is 36.1. The van der Waals surface area contributed by atoms with Gasteiger partial charge < -0.3 is 25.4 Å². The topological polar surface area (TPSA) is 99.0 Å². The van der Waals surface area contributed by atoms with Gasteiger partial charge in [0.05, 0.1) is 12.6 Å². The molecule has 0 aliphatic carbocycles. The Kier molecular flexibility index (Phi) is 6.10. The molecule has 0 bridgehead atoms. The number of aliphatic hydroxyl groups is 3. The van der Waals surface area contributed by atoms with Crippen molar-refractivity contribution < 1.29 is 24.9 Å². The van der Waals surface area contributed by atoms with E-state index in [1.54, 1.807) is 6.08 Å². The average Bonchev–Trinajstić information content (AvgIpc) is 2.33. The van der Waals surface area contributed by atoms with E-state index < -0.39 is 36.4 Å². The lowest BCUT2D eigenvalue weighted by Gasteiger charge is -2.42. The SMILES string of the molecule is C=CCSC1OC(CO)C(O)C(O)C1NC(C)=O. The molecule has 0 saturated carbocycles. The molecule has 4 N–H and O–H groups in total. The van der Waals surface area contributed by atoms with Crippen LogP contribution in [0.2, 0.25) is 0 Å². The fraction of sp³-hybridized carbons (Fsp3) is 0.727. The minimum absolute atomic E-state index is 0.318. The Balaban J connectivity index is 2.79. The predicted molar refractivity (Wildman–Crippen MR) is 68.0 cm³/mol. The van der Waals surface area contributed by atoms with Crippen molar-refractivity contribution in [2.75, 3.05) is 12.4 Å². The van der Waals surface area contributed by atoms with Crippen molar-refractivity contribution in [3.63, 3.8) is 0 Å². The molecule has 0 spiro atoms. The fourth-order valence-electron chi connectivity index (χ4n) is 1.78. The van der Waals surface area contributed by atoms with E-state index in [-0.39, 0.29) is 5.91 Å². The van der Waals surface area contributed by atoms with Gasteiger partial charge in [-0.25, -0.2) is 0 Å². The number of rotatable bonds is 5. The van der Waals surface area contributed by atoms with Gasteiger partial charge in [-0.15, -0.1) is 18.3 Å². The smallest absolute Gasteiger partial charge is 0.217 e. The molecule has 18 heavy (non-hydrogen) atoms. The van der Waals surface area contributed by atoms with Gasteiger partial charge in [0.25, 0.3) is 0 Å². The molecule has 6 nitrogen and oxygen atoms in total. The molecule has 5 atom stereocenters. The molecule has 1 saturated heterocycles. The number of thioether (sulfide) groups is 1. The number of carbonyl (C=O) groups is 1. The molecule has 1 amide bonds. The highest BCUT2D eigenvalue weighted by atomic mass is 32.2. The number of nitrogens with one attached hydrogen (secondary N) is 1. The Labute approximate surface area is 110 Å². The van der Waals surface area contributed by atoms with Gasteiger partial charge in [0.15, 0.2) is 0 Å². The molecule has 1 aliphatic rings. The number of amides is 1. The van der Waals surface area contributed by atoms with Gasteiger partial charge in [0.2, 0.25) is 5.91 Å². The highest BCUT2D eigenvalue weighted by Gasteiger charge is 2.44. The van der Waals surface area contributed by atoms with Gasteiger partial charge in [-0.1, -0.05) is 6.08 Å². The third kappa shape index (κ3) is 3.69.